The Bertz CT molecular complexity index is 844. The molecule has 2 N–H and O–H groups in total. The van der Waals surface area contributed by atoms with Crippen molar-refractivity contribution in [3.05, 3.63) is 65.1 Å². The Morgan fingerprint density at radius 2 is 1.88 bits per heavy atom. The number of thiophene rings is 1. The normalized spacial score (nSPS) is 10.5. The van der Waals surface area contributed by atoms with Crippen molar-refractivity contribution >= 4 is 23.2 Å². The lowest BCUT2D eigenvalue weighted by atomic mass is 10.2. The fourth-order valence-electron chi connectivity index (χ4n) is 2.52. The Balaban J connectivity index is 1.41. The first-order valence-electron chi connectivity index (χ1n) is 8.37. The fraction of sp³-hybridized carbons (Fsp3) is 0.211. The number of amides is 2. The van der Waals surface area contributed by atoms with Gasteiger partial charge in [-0.2, -0.15) is 11.3 Å². The summed E-state index contributed by atoms with van der Waals surface area (Å²) >= 11 is 1.56. The van der Waals surface area contributed by atoms with Crippen molar-refractivity contribution < 1.29 is 9.59 Å². The van der Waals surface area contributed by atoms with E-state index in [4.69, 9.17) is 0 Å². The van der Waals surface area contributed by atoms with E-state index in [1.165, 1.54) is 0 Å². The lowest BCUT2D eigenvalue weighted by molar-refractivity contribution is -0.139. The molecule has 134 valence electrons. The molecular formula is C19H20N4O2S. The second-order valence-electron chi connectivity index (χ2n) is 5.73. The van der Waals surface area contributed by atoms with E-state index in [0.29, 0.717) is 26.1 Å². The van der Waals surface area contributed by atoms with E-state index in [1.807, 2.05) is 57.9 Å². The maximum Gasteiger partial charge on any atom is 0.309 e. The molecule has 0 aliphatic rings. The summed E-state index contributed by atoms with van der Waals surface area (Å²) in [5.74, 6) is -0.316. The predicted molar refractivity (Wildman–Crippen MR) is 101 cm³/mol. The molecule has 0 radical (unpaired) electrons. The molecular weight excluding hydrogens is 348 g/mol. The van der Waals surface area contributed by atoms with Gasteiger partial charge in [0, 0.05) is 37.6 Å². The minimum Gasteiger partial charge on any atom is -0.348 e. The largest absolute Gasteiger partial charge is 0.348 e. The number of aromatic nitrogens is 2. The lowest BCUT2D eigenvalue weighted by Crippen LogP contribution is -2.40. The van der Waals surface area contributed by atoms with Gasteiger partial charge in [-0.15, -0.1) is 0 Å². The molecule has 1 aromatic carbocycles. The van der Waals surface area contributed by atoms with Crippen LogP contribution in [-0.4, -0.2) is 27.9 Å². The lowest BCUT2D eigenvalue weighted by Gasteiger charge is -2.09. The van der Waals surface area contributed by atoms with Gasteiger partial charge in [0.05, 0.1) is 0 Å². The van der Waals surface area contributed by atoms with Crippen LogP contribution in [0.1, 0.15) is 12.0 Å². The molecule has 2 aromatic heterocycles. The molecule has 7 heteroatoms. The van der Waals surface area contributed by atoms with Gasteiger partial charge < -0.3 is 15.2 Å². The van der Waals surface area contributed by atoms with E-state index >= 15 is 0 Å². The maximum atomic E-state index is 11.8. The standard InChI is InChI=1S/C19H20N4O2S/c24-18(19(25)22-13-15-7-12-26-14-15)21-8-4-10-23-11-9-20-17(23)16-5-2-1-3-6-16/h1-3,5-7,9,11-12,14H,4,8,10,13H2,(H,21,24)(H,22,25). The van der Waals surface area contributed by atoms with Crippen LogP contribution in [-0.2, 0) is 22.7 Å². The van der Waals surface area contributed by atoms with Gasteiger partial charge in [-0.3, -0.25) is 9.59 Å². The quantitative estimate of drug-likeness (QED) is 0.497. The van der Waals surface area contributed by atoms with Crippen molar-refractivity contribution in [1.29, 1.82) is 0 Å². The third-order valence-corrected chi connectivity index (χ3v) is 4.58. The van der Waals surface area contributed by atoms with Gasteiger partial charge in [0.15, 0.2) is 0 Å². The van der Waals surface area contributed by atoms with Crippen LogP contribution in [0.25, 0.3) is 11.4 Å². The third kappa shape index (κ3) is 4.80. The zero-order chi connectivity index (χ0) is 18.2. The molecule has 0 spiro atoms. The number of hydrogen-bond donors (Lipinski definition) is 2. The number of carbonyl (C=O) groups is 2. The number of benzene rings is 1. The second kappa shape index (κ2) is 8.96. The number of imidazole rings is 1. The van der Waals surface area contributed by atoms with E-state index < -0.39 is 11.8 Å². The van der Waals surface area contributed by atoms with Crippen LogP contribution in [0.15, 0.2) is 59.6 Å². The summed E-state index contributed by atoms with van der Waals surface area (Å²) in [6.07, 6.45) is 4.39. The Labute approximate surface area is 155 Å². The van der Waals surface area contributed by atoms with E-state index in [0.717, 1.165) is 17.0 Å². The molecule has 2 amide bonds. The fourth-order valence-corrected chi connectivity index (χ4v) is 3.19. The summed E-state index contributed by atoms with van der Waals surface area (Å²) in [6.45, 7) is 1.50. The van der Waals surface area contributed by atoms with Crippen LogP contribution in [0.2, 0.25) is 0 Å². The van der Waals surface area contributed by atoms with Gasteiger partial charge >= 0.3 is 11.8 Å². The maximum absolute atomic E-state index is 11.8. The van der Waals surface area contributed by atoms with Gasteiger partial charge in [0.1, 0.15) is 5.82 Å². The smallest absolute Gasteiger partial charge is 0.309 e. The van der Waals surface area contributed by atoms with Crippen LogP contribution in [0.5, 0.6) is 0 Å². The number of aryl methyl sites for hydroxylation is 1. The topological polar surface area (TPSA) is 76.0 Å². The van der Waals surface area contributed by atoms with Gasteiger partial charge in [-0.1, -0.05) is 30.3 Å². The average molecular weight is 368 g/mol. The summed E-state index contributed by atoms with van der Waals surface area (Å²) in [7, 11) is 0. The zero-order valence-electron chi connectivity index (χ0n) is 14.2. The SMILES string of the molecule is O=C(NCCCn1ccnc1-c1ccccc1)C(=O)NCc1ccsc1. The molecule has 0 unspecified atom stereocenters. The van der Waals surface area contributed by atoms with Crippen molar-refractivity contribution in [1.82, 2.24) is 20.2 Å². The minimum atomic E-state index is -0.608. The highest BCUT2D eigenvalue weighted by Crippen LogP contribution is 2.16. The number of carbonyl (C=O) groups excluding carboxylic acids is 2. The number of hydrogen-bond acceptors (Lipinski definition) is 4. The molecule has 6 nitrogen and oxygen atoms in total. The van der Waals surface area contributed by atoms with Crippen LogP contribution in [0.4, 0.5) is 0 Å². The van der Waals surface area contributed by atoms with Crippen molar-refractivity contribution in [2.45, 2.75) is 19.5 Å². The Morgan fingerprint density at radius 1 is 1.08 bits per heavy atom. The van der Waals surface area contributed by atoms with Crippen LogP contribution >= 0.6 is 11.3 Å². The van der Waals surface area contributed by atoms with E-state index in [-0.39, 0.29) is 0 Å². The molecule has 2 heterocycles. The number of nitrogens with zero attached hydrogens (tertiary/aromatic N) is 2. The van der Waals surface area contributed by atoms with Crippen molar-refractivity contribution in [2.75, 3.05) is 6.54 Å². The molecule has 0 atom stereocenters. The Kier molecular flexibility index (Phi) is 6.16. The van der Waals surface area contributed by atoms with Gasteiger partial charge in [-0.05, 0) is 28.8 Å². The van der Waals surface area contributed by atoms with Gasteiger partial charge in [-0.25, -0.2) is 4.98 Å². The van der Waals surface area contributed by atoms with Crippen LogP contribution in [0, 0.1) is 0 Å². The predicted octanol–water partition coefficient (Wildman–Crippen LogP) is 2.43. The molecule has 0 saturated heterocycles. The summed E-state index contributed by atoms with van der Waals surface area (Å²) in [6, 6.07) is 11.9. The van der Waals surface area contributed by atoms with E-state index in [2.05, 4.69) is 15.6 Å². The monoisotopic (exact) mass is 368 g/mol. The molecule has 3 aromatic rings. The van der Waals surface area contributed by atoms with E-state index in [9.17, 15) is 9.59 Å². The second-order valence-corrected chi connectivity index (χ2v) is 6.51. The molecule has 3 rings (SSSR count). The van der Waals surface area contributed by atoms with Crippen molar-refractivity contribution in [2.24, 2.45) is 0 Å². The number of nitrogens with one attached hydrogen (secondary N) is 2. The number of rotatable bonds is 7. The summed E-state index contributed by atoms with van der Waals surface area (Å²) in [5.41, 5.74) is 2.04. The Morgan fingerprint density at radius 3 is 2.65 bits per heavy atom. The molecule has 26 heavy (non-hydrogen) atoms. The molecule has 0 bridgehead atoms. The highest BCUT2D eigenvalue weighted by Gasteiger charge is 2.12. The highest BCUT2D eigenvalue weighted by atomic mass is 32.1. The zero-order valence-corrected chi connectivity index (χ0v) is 15.0. The van der Waals surface area contributed by atoms with E-state index in [1.54, 1.807) is 17.5 Å². The third-order valence-electron chi connectivity index (χ3n) is 3.85. The Hall–Kier alpha value is -2.93. The molecule has 0 fully saturated rings. The molecule has 0 aliphatic heterocycles. The van der Waals surface area contributed by atoms with Crippen LogP contribution < -0.4 is 10.6 Å². The van der Waals surface area contributed by atoms with Gasteiger partial charge in [0.2, 0.25) is 0 Å². The first kappa shape index (κ1) is 17.9. The van der Waals surface area contributed by atoms with Crippen LogP contribution in [0.3, 0.4) is 0 Å². The average Bonchev–Trinajstić information content (AvgIpc) is 3.35. The van der Waals surface area contributed by atoms with Crippen molar-refractivity contribution in [3.8, 4) is 11.4 Å². The minimum absolute atomic E-state index is 0.366. The summed E-state index contributed by atoms with van der Waals surface area (Å²) < 4.78 is 2.04. The van der Waals surface area contributed by atoms with Crippen molar-refractivity contribution in [3.63, 3.8) is 0 Å². The first-order chi connectivity index (χ1) is 12.7. The summed E-state index contributed by atoms with van der Waals surface area (Å²) in [4.78, 5) is 28.0. The molecule has 0 aliphatic carbocycles. The molecule has 0 saturated carbocycles. The highest BCUT2D eigenvalue weighted by molar-refractivity contribution is 7.07. The van der Waals surface area contributed by atoms with Gasteiger partial charge in [0.25, 0.3) is 0 Å². The first-order valence-corrected chi connectivity index (χ1v) is 9.32. The summed E-state index contributed by atoms with van der Waals surface area (Å²) in [5, 5.41) is 9.13.